The number of aliphatic carboxylic acids is 1. The molecule has 0 spiro atoms. The number of carboxylic acid groups (broad SMARTS) is 1. The second-order valence-corrected chi connectivity index (χ2v) is 8.69. The first kappa shape index (κ1) is 27.8. The van der Waals surface area contributed by atoms with Crippen LogP contribution in [0, 0.1) is 5.92 Å². The van der Waals surface area contributed by atoms with E-state index in [0.29, 0.717) is 0 Å². The molecule has 4 atom stereocenters. The lowest BCUT2D eigenvalue weighted by atomic mass is 10.0. The molecule has 0 bridgehead atoms. The number of carbonyl (C=O) groups is 4. The molecular formula is C23H33N5O7. The number of H-pyrrole nitrogens is 1. The van der Waals surface area contributed by atoms with Crippen molar-refractivity contribution in [1.82, 2.24) is 20.9 Å². The van der Waals surface area contributed by atoms with Crippen LogP contribution in [0.1, 0.15) is 25.8 Å². The van der Waals surface area contributed by atoms with Crippen molar-refractivity contribution >= 4 is 34.6 Å². The topological polar surface area (TPSA) is 207 Å². The minimum atomic E-state index is -1.48. The summed E-state index contributed by atoms with van der Waals surface area (Å²) in [7, 11) is 0. The van der Waals surface area contributed by atoms with Crippen molar-refractivity contribution in [3.05, 3.63) is 36.0 Å². The summed E-state index contributed by atoms with van der Waals surface area (Å²) in [4.78, 5) is 52.0. The van der Waals surface area contributed by atoms with Crippen LogP contribution in [0.2, 0.25) is 0 Å². The average molecular weight is 492 g/mol. The zero-order valence-electron chi connectivity index (χ0n) is 19.7. The summed E-state index contributed by atoms with van der Waals surface area (Å²) >= 11 is 0. The molecule has 0 fully saturated rings. The van der Waals surface area contributed by atoms with Crippen LogP contribution in [-0.2, 0) is 25.6 Å². The smallest absolute Gasteiger partial charge is 0.326 e. The number of fused-ring (bicyclic) bond motifs is 1. The third kappa shape index (κ3) is 7.77. The maximum absolute atomic E-state index is 12.6. The molecule has 0 saturated carbocycles. The highest BCUT2D eigenvalue weighted by atomic mass is 16.4. The number of para-hydroxylation sites is 1. The fraction of sp³-hybridized carbons (Fsp3) is 0.478. The van der Waals surface area contributed by atoms with Crippen LogP contribution in [-0.4, -0.2) is 81.4 Å². The van der Waals surface area contributed by atoms with Gasteiger partial charge in [0, 0.05) is 17.1 Å². The van der Waals surface area contributed by atoms with E-state index in [1.165, 1.54) is 0 Å². The monoisotopic (exact) mass is 491 g/mol. The highest BCUT2D eigenvalue weighted by Gasteiger charge is 2.30. The van der Waals surface area contributed by atoms with E-state index in [1.807, 2.05) is 24.3 Å². The van der Waals surface area contributed by atoms with E-state index < -0.39 is 61.1 Å². The quantitative estimate of drug-likeness (QED) is 0.167. The van der Waals surface area contributed by atoms with Crippen molar-refractivity contribution in [2.75, 3.05) is 13.2 Å². The number of rotatable bonds is 13. The van der Waals surface area contributed by atoms with E-state index in [-0.39, 0.29) is 18.8 Å². The number of hydrogen-bond donors (Lipinski definition) is 8. The van der Waals surface area contributed by atoms with Gasteiger partial charge in [0.25, 0.3) is 0 Å². The second-order valence-electron chi connectivity index (χ2n) is 8.69. The Morgan fingerprint density at radius 1 is 0.914 bits per heavy atom. The molecule has 35 heavy (non-hydrogen) atoms. The standard InChI is InChI=1S/C23H33N5O7/c1-12(2)7-17(23(34)35)26-21(32)19(11-30)28-22(33)18(10-29)27-20(31)15(24)8-13-9-25-16-6-4-3-5-14(13)16/h3-6,9,12,15,17-19,25,29-30H,7-8,10-11,24H2,1-2H3,(H,26,32)(H,27,31)(H,28,33)(H,34,35). The summed E-state index contributed by atoms with van der Waals surface area (Å²) in [6, 6.07) is 2.33. The van der Waals surface area contributed by atoms with Crippen LogP contribution < -0.4 is 21.7 Å². The predicted octanol–water partition coefficient (Wildman–Crippen LogP) is -1.39. The Labute approximate surface area is 202 Å². The lowest BCUT2D eigenvalue weighted by Crippen LogP contribution is -2.59. The highest BCUT2D eigenvalue weighted by Crippen LogP contribution is 2.18. The number of aromatic amines is 1. The number of carbonyl (C=O) groups excluding carboxylic acids is 3. The molecule has 1 aromatic heterocycles. The Bertz CT molecular complexity index is 1040. The fourth-order valence-electron chi connectivity index (χ4n) is 3.53. The van der Waals surface area contributed by atoms with Gasteiger partial charge in [0.05, 0.1) is 19.3 Å². The molecule has 2 rings (SSSR count). The van der Waals surface area contributed by atoms with Crippen molar-refractivity contribution in [3.8, 4) is 0 Å². The zero-order valence-corrected chi connectivity index (χ0v) is 19.7. The Hall–Kier alpha value is -3.48. The predicted molar refractivity (Wildman–Crippen MR) is 127 cm³/mol. The molecule has 192 valence electrons. The Kier molecular flexibility index (Phi) is 10.2. The maximum atomic E-state index is 12.6. The molecule has 4 unspecified atom stereocenters. The number of amides is 3. The summed E-state index contributed by atoms with van der Waals surface area (Å²) in [5, 5.41) is 36.1. The number of nitrogens with one attached hydrogen (secondary N) is 4. The Morgan fingerprint density at radius 3 is 2.00 bits per heavy atom. The molecule has 2 aromatic rings. The molecule has 0 aliphatic carbocycles. The number of aromatic nitrogens is 1. The van der Waals surface area contributed by atoms with E-state index >= 15 is 0 Å². The zero-order chi connectivity index (χ0) is 26.1. The van der Waals surface area contributed by atoms with Gasteiger partial charge in [-0.25, -0.2) is 4.79 Å². The van der Waals surface area contributed by atoms with Crippen molar-refractivity contribution in [3.63, 3.8) is 0 Å². The lowest BCUT2D eigenvalue weighted by molar-refractivity contribution is -0.143. The summed E-state index contributed by atoms with van der Waals surface area (Å²) in [6.07, 6.45) is 2.06. The molecule has 9 N–H and O–H groups in total. The number of aliphatic hydroxyl groups is 2. The van der Waals surface area contributed by atoms with Gasteiger partial charge in [-0.05, 0) is 30.4 Å². The van der Waals surface area contributed by atoms with Crippen molar-refractivity contribution in [1.29, 1.82) is 0 Å². The maximum Gasteiger partial charge on any atom is 0.326 e. The third-order valence-electron chi connectivity index (χ3n) is 5.40. The fourth-order valence-corrected chi connectivity index (χ4v) is 3.53. The van der Waals surface area contributed by atoms with Crippen LogP contribution >= 0.6 is 0 Å². The summed E-state index contributed by atoms with van der Waals surface area (Å²) < 4.78 is 0. The molecular weight excluding hydrogens is 458 g/mol. The summed E-state index contributed by atoms with van der Waals surface area (Å²) in [6.45, 7) is 1.95. The Morgan fingerprint density at radius 2 is 1.46 bits per heavy atom. The number of carboxylic acids is 1. The van der Waals surface area contributed by atoms with Crippen LogP contribution in [0.4, 0.5) is 0 Å². The van der Waals surface area contributed by atoms with E-state index in [0.717, 1.165) is 16.5 Å². The molecule has 3 amide bonds. The van der Waals surface area contributed by atoms with Crippen molar-refractivity contribution in [2.45, 2.75) is 50.9 Å². The van der Waals surface area contributed by atoms with Gasteiger partial charge in [0.2, 0.25) is 17.7 Å². The summed E-state index contributed by atoms with van der Waals surface area (Å²) in [5.74, 6) is -3.82. The lowest BCUT2D eigenvalue weighted by Gasteiger charge is -2.23. The minimum Gasteiger partial charge on any atom is -0.480 e. The van der Waals surface area contributed by atoms with E-state index in [4.69, 9.17) is 5.73 Å². The third-order valence-corrected chi connectivity index (χ3v) is 5.40. The van der Waals surface area contributed by atoms with Crippen LogP contribution in [0.3, 0.4) is 0 Å². The highest BCUT2D eigenvalue weighted by molar-refractivity contribution is 5.94. The number of aliphatic hydroxyl groups excluding tert-OH is 2. The normalized spacial score (nSPS) is 14.7. The molecule has 1 heterocycles. The molecule has 0 radical (unpaired) electrons. The minimum absolute atomic E-state index is 0.0268. The number of benzene rings is 1. The van der Waals surface area contributed by atoms with Crippen LogP contribution in [0.5, 0.6) is 0 Å². The average Bonchev–Trinajstić information content (AvgIpc) is 3.22. The first-order valence-electron chi connectivity index (χ1n) is 11.2. The number of hydrogen-bond acceptors (Lipinski definition) is 7. The molecule has 1 aromatic carbocycles. The van der Waals surface area contributed by atoms with Gasteiger partial charge in [-0.3, -0.25) is 14.4 Å². The summed E-state index contributed by atoms with van der Waals surface area (Å²) in [5.41, 5.74) is 7.69. The van der Waals surface area contributed by atoms with Gasteiger partial charge < -0.3 is 42.0 Å². The molecule has 12 heteroatoms. The van der Waals surface area contributed by atoms with Gasteiger partial charge in [-0.2, -0.15) is 0 Å². The molecule has 0 saturated heterocycles. The van der Waals surface area contributed by atoms with Gasteiger partial charge in [0.15, 0.2) is 0 Å². The van der Waals surface area contributed by atoms with Crippen molar-refractivity contribution in [2.24, 2.45) is 11.7 Å². The molecule has 0 aliphatic rings. The van der Waals surface area contributed by atoms with E-state index in [2.05, 4.69) is 20.9 Å². The SMILES string of the molecule is CC(C)CC(NC(=O)C(CO)NC(=O)C(CO)NC(=O)C(N)Cc1c[nH]c2ccccc12)C(=O)O. The van der Waals surface area contributed by atoms with E-state index in [1.54, 1.807) is 20.0 Å². The first-order valence-corrected chi connectivity index (χ1v) is 11.2. The van der Waals surface area contributed by atoms with Gasteiger partial charge in [-0.15, -0.1) is 0 Å². The number of nitrogens with two attached hydrogens (primary N) is 1. The van der Waals surface area contributed by atoms with Gasteiger partial charge in [-0.1, -0.05) is 32.0 Å². The van der Waals surface area contributed by atoms with Crippen LogP contribution in [0.25, 0.3) is 10.9 Å². The van der Waals surface area contributed by atoms with Gasteiger partial charge in [0.1, 0.15) is 18.1 Å². The molecule has 0 aliphatic heterocycles. The molecule has 12 nitrogen and oxygen atoms in total. The van der Waals surface area contributed by atoms with Crippen molar-refractivity contribution < 1.29 is 34.5 Å². The second kappa shape index (κ2) is 12.8. The Balaban J connectivity index is 1.97. The largest absolute Gasteiger partial charge is 0.480 e. The van der Waals surface area contributed by atoms with Crippen LogP contribution in [0.15, 0.2) is 30.5 Å². The first-order chi connectivity index (χ1) is 16.6. The van der Waals surface area contributed by atoms with Gasteiger partial charge >= 0.3 is 5.97 Å². The van der Waals surface area contributed by atoms with E-state index in [9.17, 15) is 34.5 Å².